The molecule has 1 aromatic carbocycles. The van der Waals surface area contributed by atoms with Crippen LogP contribution in [-0.2, 0) is 6.54 Å². The Labute approximate surface area is 148 Å². The Morgan fingerprint density at radius 2 is 2.04 bits per heavy atom. The second kappa shape index (κ2) is 7.48. The van der Waals surface area contributed by atoms with Crippen molar-refractivity contribution in [2.75, 3.05) is 6.26 Å². The molecule has 0 atom stereocenters. The number of amides is 1. The number of nitrogens with one attached hydrogen (secondary N) is 1. The van der Waals surface area contributed by atoms with Crippen LogP contribution in [0.3, 0.4) is 0 Å². The number of carbonyl (C=O) groups excluding carboxylic acids is 1. The Morgan fingerprint density at radius 3 is 2.72 bits per heavy atom. The van der Waals surface area contributed by atoms with Crippen LogP contribution in [-0.4, -0.2) is 22.1 Å². The highest BCUT2D eigenvalue weighted by molar-refractivity contribution is 7.98. The summed E-state index contributed by atoms with van der Waals surface area (Å²) in [4.78, 5) is 21.4. The SMILES string of the molecule is CSc1nc(-c2ccco2)nc(C)c1C(=O)NCc1ccccc1F. The van der Waals surface area contributed by atoms with Gasteiger partial charge in [0.05, 0.1) is 17.5 Å². The van der Waals surface area contributed by atoms with E-state index in [2.05, 4.69) is 15.3 Å². The second-order valence-electron chi connectivity index (χ2n) is 5.27. The van der Waals surface area contributed by atoms with Gasteiger partial charge in [-0.15, -0.1) is 11.8 Å². The average molecular weight is 357 g/mol. The number of carbonyl (C=O) groups is 1. The van der Waals surface area contributed by atoms with Gasteiger partial charge in [0, 0.05) is 12.1 Å². The molecular weight excluding hydrogens is 341 g/mol. The number of aromatic nitrogens is 2. The molecule has 0 aliphatic carbocycles. The quantitative estimate of drug-likeness (QED) is 0.555. The molecule has 0 bridgehead atoms. The maximum absolute atomic E-state index is 13.7. The first kappa shape index (κ1) is 17.2. The molecule has 2 heterocycles. The highest BCUT2D eigenvalue weighted by Gasteiger charge is 2.19. The molecule has 0 spiro atoms. The molecule has 0 saturated heterocycles. The Morgan fingerprint density at radius 1 is 1.24 bits per heavy atom. The third-order valence-corrected chi connectivity index (χ3v) is 4.30. The van der Waals surface area contributed by atoms with Gasteiger partial charge in [0.15, 0.2) is 11.6 Å². The number of halogens is 1. The number of furan rings is 1. The number of hydrogen-bond donors (Lipinski definition) is 1. The molecular formula is C18H16FN3O2S. The van der Waals surface area contributed by atoms with Crippen molar-refractivity contribution in [1.29, 1.82) is 0 Å². The highest BCUT2D eigenvalue weighted by atomic mass is 32.2. The zero-order valence-corrected chi connectivity index (χ0v) is 14.6. The number of rotatable bonds is 5. The molecule has 25 heavy (non-hydrogen) atoms. The minimum atomic E-state index is -0.353. The Kier molecular flexibility index (Phi) is 5.14. The second-order valence-corrected chi connectivity index (χ2v) is 6.06. The highest BCUT2D eigenvalue weighted by Crippen LogP contribution is 2.25. The maximum atomic E-state index is 13.7. The van der Waals surface area contributed by atoms with Gasteiger partial charge in [0.1, 0.15) is 10.8 Å². The molecule has 2 aromatic heterocycles. The molecule has 5 nitrogen and oxygen atoms in total. The molecule has 0 aliphatic rings. The lowest BCUT2D eigenvalue weighted by Crippen LogP contribution is -2.25. The molecule has 1 N–H and O–H groups in total. The Balaban J connectivity index is 1.86. The summed E-state index contributed by atoms with van der Waals surface area (Å²) in [5, 5.41) is 3.28. The zero-order valence-electron chi connectivity index (χ0n) is 13.7. The molecule has 0 radical (unpaired) electrons. The van der Waals surface area contributed by atoms with Crippen LogP contribution in [0, 0.1) is 12.7 Å². The van der Waals surface area contributed by atoms with E-state index in [4.69, 9.17) is 4.42 Å². The van der Waals surface area contributed by atoms with Crippen LogP contribution in [0.25, 0.3) is 11.6 Å². The Hall–Kier alpha value is -2.67. The summed E-state index contributed by atoms with van der Waals surface area (Å²) in [6, 6.07) is 9.84. The maximum Gasteiger partial charge on any atom is 0.256 e. The molecule has 3 rings (SSSR count). The van der Waals surface area contributed by atoms with E-state index in [-0.39, 0.29) is 18.3 Å². The molecule has 7 heteroatoms. The van der Waals surface area contributed by atoms with Crippen molar-refractivity contribution in [3.05, 3.63) is 65.3 Å². The summed E-state index contributed by atoms with van der Waals surface area (Å²) in [6.45, 7) is 1.84. The third-order valence-electron chi connectivity index (χ3n) is 3.62. The number of hydrogen-bond acceptors (Lipinski definition) is 5. The fraction of sp³-hybridized carbons (Fsp3) is 0.167. The lowest BCUT2D eigenvalue weighted by molar-refractivity contribution is 0.0945. The van der Waals surface area contributed by atoms with Gasteiger partial charge in [0.25, 0.3) is 5.91 Å². The number of thioether (sulfide) groups is 1. The topological polar surface area (TPSA) is 68.0 Å². The Bertz CT molecular complexity index is 897. The van der Waals surface area contributed by atoms with Crippen molar-refractivity contribution >= 4 is 17.7 Å². The van der Waals surface area contributed by atoms with Gasteiger partial charge < -0.3 is 9.73 Å². The van der Waals surface area contributed by atoms with E-state index in [0.717, 1.165) is 0 Å². The molecule has 0 unspecified atom stereocenters. The van der Waals surface area contributed by atoms with Crippen molar-refractivity contribution in [3.8, 4) is 11.6 Å². The van der Waals surface area contributed by atoms with Gasteiger partial charge in [-0.2, -0.15) is 0 Å². The number of aryl methyl sites for hydroxylation is 1. The largest absolute Gasteiger partial charge is 0.461 e. The van der Waals surface area contributed by atoms with Crippen LogP contribution in [0.4, 0.5) is 4.39 Å². The number of benzene rings is 1. The average Bonchev–Trinajstić information content (AvgIpc) is 3.14. The van der Waals surface area contributed by atoms with Gasteiger partial charge in [-0.05, 0) is 31.4 Å². The molecule has 128 valence electrons. The van der Waals surface area contributed by atoms with E-state index >= 15 is 0 Å². The monoisotopic (exact) mass is 357 g/mol. The van der Waals surface area contributed by atoms with Crippen molar-refractivity contribution < 1.29 is 13.6 Å². The van der Waals surface area contributed by atoms with Gasteiger partial charge in [-0.1, -0.05) is 18.2 Å². The first-order chi connectivity index (χ1) is 12.1. The van der Waals surface area contributed by atoms with E-state index in [1.54, 1.807) is 43.5 Å². The molecule has 0 aliphatic heterocycles. The van der Waals surface area contributed by atoms with Crippen LogP contribution in [0.5, 0.6) is 0 Å². The van der Waals surface area contributed by atoms with Crippen LogP contribution in [0.2, 0.25) is 0 Å². The molecule has 1 amide bonds. The number of nitrogens with zero attached hydrogens (tertiary/aromatic N) is 2. The van der Waals surface area contributed by atoms with Gasteiger partial charge in [-0.25, -0.2) is 14.4 Å². The van der Waals surface area contributed by atoms with Crippen LogP contribution in [0.15, 0.2) is 52.1 Å². The van der Waals surface area contributed by atoms with Crippen molar-refractivity contribution in [2.24, 2.45) is 0 Å². The van der Waals surface area contributed by atoms with Gasteiger partial charge >= 0.3 is 0 Å². The molecule has 3 aromatic rings. The molecule has 0 saturated carbocycles. The van der Waals surface area contributed by atoms with Crippen molar-refractivity contribution in [2.45, 2.75) is 18.5 Å². The van der Waals surface area contributed by atoms with E-state index < -0.39 is 0 Å². The fourth-order valence-corrected chi connectivity index (χ4v) is 3.00. The van der Waals surface area contributed by atoms with E-state index in [1.165, 1.54) is 17.8 Å². The van der Waals surface area contributed by atoms with E-state index in [1.807, 2.05) is 6.26 Å². The van der Waals surface area contributed by atoms with Crippen LogP contribution in [0.1, 0.15) is 21.6 Å². The lowest BCUT2D eigenvalue weighted by Gasteiger charge is -2.12. The summed E-state index contributed by atoms with van der Waals surface area (Å²) >= 11 is 1.35. The summed E-state index contributed by atoms with van der Waals surface area (Å²) in [5.41, 5.74) is 1.35. The minimum Gasteiger partial charge on any atom is -0.461 e. The zero-order chi connectivity index (χ0) is 17.8. The lowest BCUT2D eigenvalue weighted by atomic mass is 10.2. The summed E-state index contributed by atoms with van der Waals surface area (Å²) < 4.78 is 19.0. The van der Waals surface area contributed by atoms with E-state index in [9.17, 15) is 9.18 Å². The van der Waals surface area contributed by atoms with Crippen LogP contribution >= 0.6 is 11.8 Å². The minimum absolute atomic E-state index is 0.0959. The van der Waals surface area contributed by atoms with Gasteiger partial charge in [0.2, 0.25) is 0 Å². The van der Waals surface area contributed by atoms with E-state index in [0.29, 0.717) is 33.4 Å². The third kappa shape index (κ3) is 3.71. The first-order valence-corrected chi connectivity index (χ1v) is 8.80. The normalized spacial score (nSPS) is 10.7. The summed E-state index contributed by atoms with van der Waals surface area (Å²) in [7, 11) is 0. The van der Waals surface area contributed by atoms with Crippen molar-refractivity contribution in [1.82, 2.24) is 15.3 Å². The first-order valence-electron chi connectivity index (χ1n) is 7.58. The van der Waals surface area contributed by atoms with Crippen LogP contribution < -0.4 is 5.32 Å². The fourth-order valence-electron chi connectivity index (χ4n) is 2.38. The summed E-state index contributed by atoms with van der Waals surface area (Å²) in [5.74, 6) is 0.277. The summed E-state index contributed by atoms with van der Waals surface area (Å²) in [6.07, 6.45) is 3.38. The predicted octanol–water partition coefficient (Wildman–Crippen LogP) is 3.84. The smallest absolute Gasteiger partial charge is 0.256 e. The predicted molar refractivity (Wildman–Crippen MR) is 93.8 cm³/mol. The van der Waals surface area contributed by atoms with Gasteiger partial charge in [-0.3, -0.25) is 4.79 Å². The molecule has 0 fully saturated rings. The van der Waals surface area contributed by atoms with Crippen molar-refractivity contribution in [3.63, 3.8) is 0 Å². The standard InChI is InChI=1S/C18H16FN3O2S/c1-11-15(17(23)20-10-12-6-3-4-7-13(12)19)18(25-2)22-16(21-11)14-8-5-9-24-14/h3-9H,10H2,1-2H3,(H,20,23).